The van der Waals surface area contributed by atoms with Crippen LogP contribution >= 0.6 is 0 Å². The highest BCUT2D eigenvalue weighted by atomic mass is 16.5. The van der Waals surface area contributed by atoms with Gasteiger partial charge >= 0.3 is 0 Å². The number of para-hydroxylation sites is 2. The first-order valence-corrected chi connectivity index (χ1v) is 7.15. The molecule has 0 unspecified atom stereocenters. The lowest BCUT2D eigenvalue weighted by Crippen LogP contribution is -2.57. The summed E-state index contributed by atoms with van der Waals surface area (Å²) in [5.74, 6) is 0.974. The molecule has 0 bridgehead atoms. The van der Waals surface area contributed by atoms with Gasteiger partial charge in [0, 0.05) is 38.3 Å². The molecule has 1 aliphatic carbocycles. The van der Waals surface area contributed by atoms with Crippen molar-refractivity contribution < 1.29 is 4.74 Å². The Bertz CT molecular complexity index is 423. The molecule has 0 radical (unpaired) electrons. The summed E-state index contributed by atoms with van der Waals surface area (Å²) in [5, 5.41) is 0. The van der Waals surface area contributed by atoms with Gasteiger partial charge < -0.3 is 15.4 Å². The average Bonchev–Trinajstić information content (AvgIpc) is 2.44. The summed E-state index contributed by atoms with van der Waals surface area (Å²) in [7, 11) is 1.74. The molecule has 1 heterocycles. The zero-order chi connectivity index (χ0) is 13.2. The zero-order valence-electron chi connectivity index (χ0n) is 11.6. The third-order valence-corrected chi connectivity index (χ3v) is 4.41. The van der Waals surface area contributed by atoms with Gasteiger partial charge in [-0.2, -0.15) is 0 Å². The number of piperazine rings is 1. The number of nitrogens with two attached hydrogens (primary N) is 1. The van der Waals surface area contributed by atoms with Gasteiger partial charge in [0.1, 0.15) is 5.75 Å². The quantitative estimate of drug-likeness (QED) is 0.891. The Morgan fingerprint density at radius 3 is 2.42 bits per heavy atom. The highest BCUT2D eigenvalue weighted by Crippen LogP contribution is 2.30. The van der Waals surface area contributed by atoms with Gasteiger partial charge in [0.05, 0.1) is 12.8 Å². The van der Waals surface area contributed by atoms with E-state index < -0.39 is 0 Å². The number of hydrogen-bond donors (Lipinski definition) is 1. The monoisotopic (exact) mass is 261 g/mol. The van der Waals surface area contributed by atoms with Crippen molar-refractivity contribution in [1.29, 1.82) is 0 Å². The van der Waals surface area contributed by atoms with Gasteiger partial charge in [0.25, 0.3) is 0 Å². The second kappa shape index (κ2) is 5.39. The molecule has 0 spiro atoms. The summed E-state index contributed by atoms with van der Waals surface area (Å²) in [4.78, 5) is 5.02. The van der Waals surface area contributed by atoms with Crippen LogP contribution in [0.3, 0.4) is 0 Å². The van der Waals surface area contributed by atoms with Crippen molar-refractivity contribution in [3.05, 3.63) is 24.3 Å². The van der Waals surface area contributed by atoms with Gasteiger partial charge in [-0.15, -0.1) is 0 Å². The summed E-state index contributed by atoms with van der Waals surface area (Å²) < 4.78 is 5.45. The lowest BCUT2D eigenvalue weighted by atomic mass is 9.86. The first-order valence-electron chi connectivity index (χ1n) is 7.15. The molecule has 0 atom stereocenters. The lowest BCUT2D eigenvalue weighted by Gasteiger charge is -2.46. The summed E-state index contributed by atoms with van der Waals surface area (Å²) in [5.41, 5.74) is 7.10. The lowest BCUT2D eigenvalue weighted by molar-refractivity contribution is 0.104. The third kappa shape index (κ3) is 2.55. The molecule has 2 aliphatic rings. The van der Waals surface area contributed by atoms with Crippen molar-refractivity contribution in [2.45, 2.75) is 24.9 Å². The van der Waals surface area contributed by atoms with Crippen molar-refractivity contribution >= 4 is 5.69 Å². The standard InChI is InChI=1S/C15H23N3O/c1-19-15-5-3-2-4-14(15)18-8-6-17(7-9-18)13-10-12(16)11-13/h2-5,12-13H,6-11,16H2,1H3. The van der Waals surface area contributed by atoms with Crippen LogP contribution in [-0.4, -0.2) is 50.3 Å². The number of methoxy groups -OCH3 is 1. The third-order valence-electron chi connectivity index (χ3n) is 4.41. The van der Waals surface area contributed by atoms with E-state index in [2.05, 4.69) is 21.9 Å². The van der Waals surface area contributed by atoms with Crippen LogP contribution in [0.2, 0.25) is 0 Å². The Morgan fingerprint density at radius 1 is 1.11 bits per heavy atom. The van der Waals surface area contributed by atoms with E-state index in [4.69, 9.17) is 10.5 Å². The second-order valence-corrected chi connectivity index (χ2v) is 5.58. The number of rotatable bonds is 3. The molecule has 1 aromatic rings. The first kappa shape index (κ1) is 12.8. The van der Waals surface area contributed by atoms with Gasteiger partial charge in [-0.1, -0.05) is 12.1 Å². The molecule has 3 rings (SSSR count). The SMILES string of the molecule is COc1ccccc1N1CCN(C2CC(N)C2)CC1. The van der Waals surface area contributed by atoms with Crippen molar-refractivity contribution in [1.82, 2.24) is 4.90 Å². The number of benzene rings is 1. The molecular formula is C15H23N3O. The van der Waals surface area contributed by atoms with E-state index in [1.165, 1.54) is 18.5 Å². The Morgan fingerprint density at radius 2 is 1.79 bits per heavy atom. The van der Waals surface area contributed by atoms with Crippen LogP contribution in [0.1, 0.15) is 12.8 Å². The molecule has 2 N–H and O–H groups in total. The Labute approximate surface area is 115 Å². The number of hydrogen-bond acceptors (Lipinski definition) is 4. The fourth-order valence-electron chi connectivity index (χ4n) is 3.15. The van der Waals surface area contributed by atoms with Gasteiger partial charge in [-0.25, -0.2) is 0 Å². The van der Waals surface area contributed by atoms with Crippen LogP contribution in [-0.2, 0) is 0 Å². The predicted molar refractivity (Wildman–Crippen MR) is 77.8 cm³/mol. The Balaban J connectivity index is 1.60. The maximum absolute atomic E-state index is 5.88. The fraction of sp³-hybridized carbons (Fsp3) is 0.600. The summed E-state index contributed by atoms with van der Waals surface area (Å²) in [6, 6.07) is 9.45. The normalized spacial score (nSPS) is 28.0. The summed E-state index contributed by atoms with van der Waals surface area (Å²) >= 11 is 0. The molecule has 1 saturated carbocycles. The molecule has 0 aromatic heterocycles. The molecule has 1 aliphatic heterocycles. The van der Waals surface area contributed by atoms with E-state index in [1.807, 2.05) is 12.1 Å². The topological polar surface area (TPSA) is 41.7 Å². The predicted octanol–water partition coefficient (Wildman–Crippen LogP) is 1.31. The van der Waals surface area contributed by atoms with Crippen molar-refractivity contribution in [3.8, 4) is 5.75 Å². The van der Waals surface area contributed by atoms with E-state index in [1.54, 1.807) is 7.11 Å². The summed E-state index contributed by atoms with van der Waals surface area (Å²) in [6.45, 7) is 4.42. The van der Waals surface area contributed by atoms with Gasteiger partial charge in [0.15, 0.2) is 0 Å². The largest absolute Gasteiger partial charge is 0.495 e. The van der Waals surface area contributed by atoms with E-state index in [0.29, 0.717) is 6.04 Å². The van der Waals surface area contributed by atoms with Crippen LogP contribution in [0.5, 0.6) is 5.75 Å². The number of anilines is 1. The van der Waals surface area contributed by atoms with Crippen LogP contribution < -0.4 is 15.4 Å². The van der Waals surface area contributed by atoms with E-state index in [-0.39, 0.29) is 0 Å². The van der Waals surface area contributed by atoms with Gasteiger partial charge in [-0.3, -0.25) is 4.90 Å². The van der Waals surface area contributed by atoms with Gasteiger partial charge in [0.2, 0.25) is 0 Å². The smallest absolute Gasteiger partial charge is 0.142 e. The van der Waals surface area contributed by atoms with Gasteiger partial charge in [-0.05, 0) is 25.0 Å². The number of ether oxygens (including phenoxy) is 1. The fourth-order valence-corrected chi connectivity index (χ4v) is 3.15. The van der Waals surface area contributed by atoms with Crippen LogP contribution in [0.4, 0.5) is 5.69 Å². The molecular weight excluding hydrogens is 238 g/mol. The Kier molecular flexibility index (Phi) is 3.62. The molecule has 1 aromatic carbocycles. The molecule has 104 valence electrons. The minimum absolute atomic E-state index is 0.442. The van der Waals surface area contributed by atoms with E-state index in [9.17, 15) is 0 Å². The highest BCUT2D eigenvalue weighted by Gasteiger charge is 2.33. The highest BCUT2D eigenvalue weighted by molar-refractivity contribution is 5.58. The van der Waals surface area contributed by atoms with E-state index >= 15 is 0 Å². The van der Waals surface area contributed by atoms with Crippen molar-refractivity contribution in [2.24, 2.45) is 5.73 Å². The molecule has 0 amide bonds. The van der Waals surface area contributed by atoms with Crippen molar-refractivity contribution in [3.63, 3.8) is 0 Å². The van der Waals surface area contributed by atoms with Crippen molar-refractivity contribution in [2.75, 3.05) is 38.2 Å². The minimum atomic E-state index is 0.442. The average molecular weight is 261 g/mol. The molecule has 2 fully saturated rings. The first-order chi connectivity index (χ1) is 9.28. The molecule has 19 heavy (non-hydrogen) atoms. The molecule has 1 saturated heterocycles. The Hall–Kier alpha value is -1.26. The summed E-state index contributed by atoms with van der Waals surface area (Å²) in [6.07, 6.45) is 2.35. The molecule has 4 nitrogen and oxygen atoms in total. The maximum Gasteiger partial charge on any atom is 0.142 e. The van der Waals surface area contributed by atoms with Crippen LogP contribution in [0.15, 0.2) is 24.3 Å². The van der Waals surface area contributed by atoms with E-state index in [0.717, 1.165) is 38.0 Å². The zero-order valence-corrected chi connectivity index (χ0v) is 11.6. The van der Waals surface area contributed by atoms with Crippen LogP contribution in [0.25, 0.3) is 0 Å². The van der Waals surface area contributed by atoms with Crippen LogP contribution in [0, 0.1) is 0 Å². The second-order valence-electron chi connectivity index (χ2n) is 5.58. The molecule has 4 heteroatoms. The minimum Gasteiger partial charge on any atom is -0.495 e. The maximum atomic E-state index is 5.88. The number of nitrogens with zero attached hydrogens (tertiary/aromatic N) is 2.